The molecule has 0 unspecified atom stereocenters. The highest BCUT2D eigenvalue weighted by molar-refractivity contribution is 7.07. The summed E-state index contributed by atoms with van der Waals surface area (Å²) in [5.41, 5.74) is 8.03. The van der Waals surface area contributed by atoms with E-state index in [9.17, 15) is 4.79 Å². The first-order chi connectivity index (χ1) is 10.8. The number of nitrogens with two attached hydrogens (primary N) is 1. The first-order valence-corrected chi connectivity index (χ1v) is 8.81. The minimum absolute atomic E-state index is 0.0730. The van der Waals surface area contributed by atoms with Crippen molar-refractivity contribution in [2.75, 3.05) is 11.4 Å². The van der Waals surface area contributed by atoms with Crippen molar-refractivity contribution in [3.05, 3.63) is 52.7 Å². The van der Waals surface area contributed by atoms with Crippen molar-refractivity contribution in [2.45, 2.75) is 25.8 Å². The minimum atomic E-state index is 0.0730. The zero-order chi connectivity index (χ0) is 15.4. The van der Waals surface area contributed by atoms with E-state index in [1.807, 2.05) is 35.2 Å². The summed E-state index contributed by atoms with van der Waals surface area (Å²) < 4.78 is 0. The molecule has 2 atom stereocenters. The van der Waals surface area contributed by atoms with Crippen LogP contribution >= 0.6 is 11.3 Å². The lowest BCUT2D eigenvalue weighted by molar-refractivity contribution is -0.123. The summed E-state index contributed by atoms with van der Waals surface area (Å²) in [5.74, 6) is 0.635. The standard InChI is InChI=1S/C18H22N2OS/c19-11-15-5-4-8-17(15)18(21)20(12-14-9-10-22-13-14)16-6-2-1-3-7-16/h1-3,6-7,9-10,13,15,17H,4-5,8,11-12,19H2/t15-,17-/m1/s1. The third-order valence-corrected chi connectivity index (χ3v) is 5.27. The zero-order valence-electron chi connectivity index (χ0n) is 12.7. The predicted octanol–water partition coefficient (Wildman–Crippen LogP) is 3.66. The molecule has 0 spiro atoms. The molecule has 22 heavy (non-hydrogen) atoms. The normalized spacial score (nSPS) is 21.0. The fourth-order valence-electron chi connectivity index (χ4n) is 3.31. The second kappa shape index (κ2) is 7.07. The van der Waals surface area contributed by atoms with Crippen LogP contribution in [0.1, 0.15) is 24.8 Å². The van der Waals surface area contributed by atoms with Crippen molar-refractivity contribution < 1.29 is 4.79 Å². The van der Waals surface area contributed by atoms with E-state index < -0.39 is 0 Å². The average molecular weight is 314 g/mol. The molecule has 0 aliphatic heterocycles. The fraction of sp³-hybridized carbons (Fsp3) is 0.389. The molecule has 1 fully saturated rings. The number of para-hydroxylation sites is 1. The Morgan fingerprint density at radius 3 is 2.73 bits per heavy atom. The van der Waals surface area contributed by atoms with Crippen molar-refractivity contribution in [1.29, 1.82) is 0 Å². The average Bonchev–Trinajstić information content (AvgIpc) is 3.24. The number of nitrogens with zero attached hydrogens (tertiary/aromatic N) is 1. The molecule has 1 amide bonds. The molecule has 0 saturated heterocycles. The second-order valence-corrected chi connectivity index (χ2v) is 6.70. The molecule has 1 saturated carbocycles. The molecule has 2 N–H and O–H groups in total. The Bertz CT molecular complexity index is 597. The summed E-state index contributed by atoms with van der Waals surface area (Å²) in [7, 11) is 0. The largest absolute Gasteiger partial charge is 0.330 e. The van der Waals surface area contributed by atoms with Crippen LogP contribution in [-0.4, -0.2) is 12.5 Å². The number of hydrogen-bond donors (Lipinski definition) is 1. The van der Waals surface area contributed by atoms with Gasteiger partial charge in [-0.25, -0.2) is 0 Å². The number of benzene rings is 1. The molecule has 1 aliphatic carbocycles. The maximum absolute atomic E-state index is 13.1. The van der Waals surface area contributed by atoms with Crippen LogP contribution in [0.3, 0.4) is 0 Å². The van der Waals surface area contributed by atoms with Crippen LogP contribution in [0, 0.1) is 11.8 Å². The lowest BCUT2D eigenvalue weighted by Gasteiger charge is -2.28. The van der Waals surface area contributed by atoms with Crippen molar-refractivity contribution in [1.82, 2.24) is 0 Å². The third-order valence-electron chi connectivity index (χ3n) is 4.53. The van der Waals surface area contributed by atoms with Gasteiger partial charge in [-0.15, -0.1) is 0 Å². The van der Waals surface area contributed by atoms with Gasteiger partial charge in [-0.05, 0) is 59.8 Å². The van der Waals surface area contributed by atoms with Gasteiger partial charge in [-0.3, -0.25) is 4.79 Å². The predicted molar refractivity (Wildman–Crippen MR) is 91.8 cm³/mol. The topological polar surface area (TPSA) is 46.3 Å². The Balaban J connectivity index is 1.86. The smallest absolute Gasteiger partial charge is 0.230 e. The highest BCUT2D eigenvalue weighted by Gasteiger charge is 2.35. The van der Waals surface area contributed by atoms with Gasteiger partial charge in [-0.1, -0.05) is 24.6 Å². The quantitative estimate of drug-likeness (QED) is 0.915. The number of carbonyl (C=O) groups is 1. The number of anilines is 1. The van der Waals surface area contributed by atoms with Gasteiger partial charge in [0.15, 0.2) is 0 Å². The van der Waals surface area contributed by atoms with Gasteiger partial charge >= 0.3 is 0 Å². The van der Waals surface area contributed by atoms with E-state index in [0.29, 0.717) is 19.0 Å². The van der Waals surface area contributed by atoms with E-state index >= 15 is 0 Å². The molecular formula is C18H22N2OS. The van der Waals surface area contributed by atoms with Crippen LogP contribution in [-0.2, 0) is 11.3 Å². The van der Waals surface area contributed by atoms with Crippen LogP contribution in [0.15, 0.2) is 47.2 Å². The summed E-state index contributed by atoms with van der Waals surface area (Å²) in [6, 6.07) is 12.1. The molecule has 0 bridgehead atoms. The highest BCUT2D eigenvalue weighted by atomic mass is 32.1. The molecule has 3 rings (SSSR count). The Morgan fingerprint density at radius 2 is 2.05 bits per heavy atom. The van der Waals surface area contributed by atoms with E-state index in [2.05, 4.69) is 16.8 Å². The Morgan fingerprint density at radius 1 is 1.23 bits per heavy atom. The summed E-state index contributed by atoms with van der Waals surface area (Å²) in [6.45, 7) is 1.25. The lowest BCUT2D eigenvalue weighted by Crippen LogP contribution is -2.38. The van der Waals surface area contributed by atoms with Gasteiger partial charge in [0, 0.05) is 11.6 Å². The highest BCUT2D eigenvalue weighted by Crippen LogP contribution is 2.34. The molecule has 2 aromatic rings. The van der Waals surface area contributed by atoms with Crippen LogP contribution in [0.25, 0.3) is 0 Å². The van der Waals surface area contributed by atoms with E-state index in [0.717, 1.165) is 24.9 Å². The Kier molecular flexibility index (Phi) is 4.90. The van der Waals surface area contributed by atoms with E-state index in [1.54, 1.807) is 11.3 Å². The maximum atomic E-state index is 13.1. The number of carbonyl (C=O) groups excluding carboxylic acids is 1. The second-order valence-electron chi connectivity index (χ2n) is 5.92. The number of rotatable bonds is 5. The molecule has 0 radical (unpaired) electrons. The van der Waals surface area contributed by atoms with Gasteiger partial charge in [0.05, 0.1) is 6.54 Å². The number of hydrogen-bond acceptors (Lipinski definition) is 3. The molecular weight excluding hydrogens is 292 g/mol. The third kappa shape index (κ3) is 3.23. The first kappa shape index (κ1) is 15.3. The van der Waals surface area contributed by atoms with Crippen LogP contribution in [0.4, 0.5) is 5.69 Å². The first-order valence-electron chi connectivity index (χ1n) is 7.87. The maximum Gasteiger partial charge on any atom is 0.230 e. The number of thiophene rings is 1. The molecule has 1 aromatic heterocycles. The molecule has 3 nitrogen and oxygen atoms in total. The van der Waals surface area contributed by atoms with Gasteiger partial charge in [0.2, 0.25) is 5.91 Å². The van der Waals surface area contributed by atoms with Crippen LogP contribution < -0.4 is 10.6 Å². The van der Waals surface area contributed by atoms with Crippen molar-refractivity contribution >= 4 is 22.9 Å². The summed E-state index contributed by atoms with van der Waals surface area (Å²) in [4.78, 5) is 15.0. The summed E-state index contributed by atoms with van der Waals surface area (Å²) in [5, 5.41) is 4.17. The monoisotopic (exact) mass is 314 g/mol. The summed E-state index contributed by atoms with van der Waals surface area (Å²) >= 11 is 1.67. The minimum Gasteiger partial charge on any atom is -0.330 e. The van der Waals surface area contributed by atoms with E-state index in [4.69, 9.17) is 5.73 Å². The Hall–Kier alpha value is -1.65. The van der Waals surface area contributed by atoms with Crippen LogP contribution in [0.5, 0.6) is 0 Å². The van der Waals surface area contributed by atoms with Gasteiger partial charge in [0.25, 0.3) is 0 Å². The summed E-state index contributed by atoms with van der Waals surface area (Å²) in [6.07, 6.45) is 3.15. The SMILES string of the molecule is NC[C@H]1CCC[C@H]1C(=O)N(Cc1ccsc1)c1ccccc1. The molecule has 1 aromatic carbocycles. The lowest BCUT2D eigenvalue weighted by atomic mass is 9.94. The van der Waals surface area contributed by atoms with Crippen LogP contribution in [0.2, 0.25) is 0 Å². The van der Waals surface area contributed by atoms with E-state index in [-0.39, 0.29) is 11.8 Å². The Labute approximate surface area is 135 Å². The van der Waals surface area contributed by atoms with Crippen molar-refractivity contribution in [3.63, 3.8) is 0 Å². The van der Waals surface area contributed by atoms with Gasteiger partial charge in [-0.2, -0.15) is 11.3 Å². The van der Waals surface area contributed by atoms with Gasteiger partial charge in [0.1, 0.15) is 0 Å². The molecule has 4 heteroatoms. The van der Waals surface area contributed by atoms with Crippen molar-refractivity contribution in [3.8, 4) is 0 Å². The fourth-order valence-corrected chi connectivity index (χ4v) is 3.97. The number of amides is 1. The molecule has 1 aliphatic rings. The van der Waals surface area contributed by atoms with Gasteiger partial charge < -0.3 is 10.6 Å². The van der Waals surface area contributed by atoms with E-state index in [1.165, 1.54) is 5.56 Å². The molecule has 116 valence electrons. The zero-order valence-corrected chi connectivity index (χ0v) is 13.5. The van der Waals surface area contributed by atoms with Crippen molar-refractivity contribution in [2.24, 2.45) is 17.6 Å². The molecule has 1 heterocycles.